The van der Waals surface area contributed by atoms with Crippen LogP contribution in [-0.4, -0.2) is 68.4 Å². The molecule has 0 aromatic heterocycles. The summed E-state index contributed by atoms with van der Waals surface area (Å²) >= 11 is 0. The number of benzene rings is 1. The molecule has 2 saturated heterocycles. The van der Waals surface area contributed by atoms with Gasteiger partial charge in [0.2, 0.25) is 0 Å². The third kappa shape index (κ3) is 3.56. The van der Waals surface area contributed by atoms with Gasteiger partial charge in [-0.1, -0.05) is 0 Å². The molecule has 7 nitrogen and oxygen atoms in total. The summed E-state index contributed by atoms with van der Waals surface area (Å²) in [6, 6.07) is 5.28. The second-order valence-electron chi connectivity index (χ2n) is 6.74. The Morgan fingerprint density at radius 2 is 2.12 bits per heavy atom. The Morgan fingerprint density at radius 3 is 2.76 bits per heavy atom. The lowest BCUT2D eigenvalue weighted by molar-refractivity contribution is -0.0115. The van der Waals surface area contributed by atoms with E-state index in [-0.39, 0.29) is 12.1 Å². The summed E-state index contributed by atoms with van der Waals surface area (Å²) in [5, 5.41) is 0. The van der Waals surface area contributed by atoms with Crippen LogP contribution in [0, 0.1) is 0 Å². The van der Waals surface area contributed by atoms with Crippen molar-refractivity contribution in [1.29, 1.82) is 0 Å². The zero-order chi connectivity index (χ0) is 18.0. The SMILES string of the molecule is COC(=O)c1ccc(OC)c(CN2CCC[C@]3(C2)CN(C)C(=O)O3)c1. The number of hydrogen-bond acceptors (Lipinski definition) is 6. The van der Waals surface area contributed by atoms with E-state index in [1.165, 1.54) is 7.11 Å². The number of methoxy groups -OCH3 is 2. The highest BCUT2D eigenvalue weighted by Gasteiger charge is 2.46. The molecular formula is C18H24N2O5. The normalized spacial score (nSPS) is 23.6. The predicted molar refractivity (Wildman–Crippen MR) is 90.7 cm³/mol. The summed E-state index contributed by atoms with van der Waals surface area (Å²) in [6.07, 6.45) is 1.58. The Kier molecular flexibility index (Phi) is 4.85. The van der Waals surface area contributed by atoms with Gasteiger partial charge in [-0.3, -0.25) is 4.90 Å². The molecule has 0 N–H and O–H groups in total. The van der Waals surface area contributed by atoms with Gasteiger partial charge < -0.3 is 19.1 Å². The lowest BCUT2D eigenvalue weighted by Gasteiger charge is -2.38. The Bertz CT molecular complexity index is 677. The monoisotopic (exact) mass is 348 g/mol. The molecule has 7 heteroatoms. The largest absolute Gasteiger partial charge is 0.496 e. The van der Waals surface area contributed by atoms with Gasteiger partial charge in [0, 0.05) is 25.7 Å². The van der Waals surface area contributed by atoms with Crippen molar-refractivity contribution >= 4 is 12.1 Å². The maximum atomic E-state index is 11.8. The van der Waals surface area contributed by atoms with Gasteiger partial charge in [0.15, 0.2) is 0 Å². The number of ether oxygens (including phenoxy) is 3. The molecule has 3 rings (SSSR count). The summed E-state index contributed by atoms with van der Waals surface area (Å²) in [5.74, 6) is 0.359. The zero-order valence-corrected chi connectivity index (χ0v) is 14.9. The average Bonchev–Trinajstić information content (AvgIpc) is 2.87. The topological polar surface area (TPSA) is 68.3 Å². The van der Waals surface area contributed by atoms with Gasteiger partial charge in [-0.15, -0.1) is 0 Å². The molecular weight excluding hydrogens is 324 g/mol. The Balaban J connectivity index is 1.77. The van der Waals surface area contributed by atoms with E-state index < -0.39 is 5.60 Å². The third-order valence-corrected chi connectivity index (χ3v) is 4.85. The van der Waals surface area contributed by atoms with Gasteiger partial charge in [-0.05, 0) is 37.6 Å². The number of hydrogen-bond donors (Lipinski definition) is 0. The van der Waals surface area contributed by atoms with E-state index in [9.17, 15) is 9.59 Å². The molecule has 1 spiro atoms. The quantitative estimate of drug-likeness (QED) is 0.774. The first-order valence-electron chi connectivity index (χ1n) is 8.38. The van der Waals surface area contributed by atoms with Crippen LogP contribution in [0.2, 0.25) is 0 Å². The number of esters is 1. The second kappa shape index (κ2) is 6.92. The summed E-state index contributed by atoms with van der Waals surface area (Å²) in [6.45, 7) is 2.82. The molecule has 25 heavy (non-hydrogen) atoms. The molecule has 2 fully saturated rings. The summed E-state index contributed by atoms with van der Waals surface area (Å²) in [7, 11) is 4.74. The molecule has 136 valence electrons. The predicted octanol–water partition coefficient (Wildman–Crippen LogP) is 1.90. The summed E-state index contributed by atoms with van der Waals surface area (Å²) < 4.78 is 15.9. The molecule has 1 amide bonds. The third-order valence-electron chi connectivity index (χ3n) is 4.85. The molecule has 1 atom stereocenters. The first kappa shape index (κ1) is 17.5. The molecule has 0 unspecified atom stereocenters. The van der Waals surface area contributed by atoms with Gasteiger partial charge in [-0.2, -0.15) is 0 Å². The first-order chi connectivity index (χ1) is 12.0. The van der Waals surface area contributed by atoms with Crippen LogP contribution in [0.3, 0.4) is 0 Å². The van der Waals surface area contributed by atoms with Crippen LogP contribution in [0.5, 0.6) is 5.75 Å². The first-order valence-corrected chi connectivity index (χ1v) is 8.38. The molecule has 2 aliphatic heterocycles. The Morgan fingerprint density at radius 1 is 1.32 bits per heavy atom. The van der Waals surface area contributed by atoms with Gasteiger partial charge in [0.25, 0.3) is 0 Å². The van der Waals surface area contributed by atoms with Crippen LogP contribution in [0.15, 0.2) is 18.2 Å². The van der Waals surface area contributed by atoms with E-state index in [4.69, 9.17) is 14.2 Å². The Labute approximate surface area is 147 Å². The van der Waals surface area contributed by atoms with Crippen molar-refractivity contribution in [2.75, 3.05) is 40.9 Å². The van der Waals surface area contributed by atoms with Crippen molar-refractivity contribution in [2.45, 2.75) is 25.0 Å². The number of piperidine rings is 1. The summed E-state index contributed by atoms with van der Waals surface area (Å²) in [5.41, 5.74) is 0.981. The number of amides is 1. The highest BCUT2D eigenvalue weighted by Crippen LogP contribution is 2.33. The zero-order valence-electron chi connectivity index (χ0n) is 14.9. The van der Waals surface area contributed by atoms with Crippen LogP contribution in [0.1, 0.15) is 28.8 Å². The number of carbonyl (C=O) groups is 2. The molecule has 0 radical (unpaired) electrons. The number of nitrogens with zero attached hydrogens (tertiary/aromatic N) is 2. The fraction of sp³-hybridized carbons (Fsp3) is 0.556. The number of rotatable bonds is 4. The number of carbonyl (C=O) groups excluding carboxylic acids is 2. The van der Waals surface area contributed by atoms with E-state index in [1.807, 2.05) is 0 Å². The van der Waals surface area contributed by atoms with Crippen molar-refractivity contribution in [3.63, 3.8) is 0 Å². The van der Waals surface area contributed by atoms with Gasteiger partial charge in [-0.25, -0.2) is 9.59 Å². The smallest absolute Gasteiger partial charge is 0.410 e. The molecule has 0 aliphatic carbocycles. The van der Waals surface area contributed by atoms with E-state index in [0.717, 1.165) is 30.7 Å². The van der Waals surface area contributed by atoms with Crippen molar-refractivity contribution in [1.82, 2.24) is 9.80 Å². The van der Waals surface area contributed by atoms with Crippen LogP contribution in [-0.2, 0) is 16.0 Å². The fourth-order valence-electron chi connectivity index (χ4n) is 3.72. The molecule has 0 bridgehead atoms. The van der Waals surface area contributed by atoms with Gasteiger partial charge >= 0.3 is 12.1 Å². The molecule has 1 aromatic carbocycles. The van der Waals surface area contributed by atoms with Gasteiger partial charge in [0.1, 0.15) is 11.4 Å². The van der Waals surface area contributed by atoms with Crippen LogP contribution in [0.4, 0.5) is 4.79 Å². The average molecular weight is 348 g/mol. The molecule has 2 aliphatic rings. The standard InChI is InChI=1S/C18H24N2O5/c1-19-11-18(25-17(19)22)7-4-8-20(12-18)10-14-9-13(16(21)24-3)5-6-15(14)23-2/h5-6,9H,4,7-8,10-12H2,1-3H3/t18-/m1/s1. The summed E-state index contributed by atoms with van der Waals surface area (Å²) in [4.78, 5) is 27.4. The van der Waals surface area contributed by atoms with Crippen molar-refractivity contribution in [2.24, 2.45) is 0 Å². The molecule has 0 saturated carbocycles. The van der Waals surface area contributed by atoms with Crippen molar-refractivity contribution in [3.8, 4) is 5.75 Å². The van der Waals surface area contributed by atoms with Gasteiger partial charge in [0.05, 0.1) is 26.3 Å². The molecule has 1 aromatic rings. The van der Waals surface area contributed by atoms with E-state index in [0.29, 0.717) is 25.2 Å². The van der Waals surface area contributed by atoms with E-state index >= 15 is 0 Å². The minimum atomic E-state index is -0.433. The molecule has 2 heterocycles. The maximum absolute atomic E-state index is 11.8. The fourth-order valence-corrected chi connectivity index (χ4v) is 3.72. The highest BCUT2D eigenvalue weighted by atomic mass is 16.6. The van der Waals surface area contributed by atoms with Crippen molar-refractivity contribution in [3.05, 3.63) is 29.3 Å². The number of likely N-dealkylation sites (tertiary alicyclic amines) is 1. The van der Waals surface area contributed by atoms with E-state index in [2.05, 4.69) is 4.90 Å². The minimum absolute atomic E-state index is 0.257. The minimum Gasteiger partial charge on any atom is -0.496 e. The second-order valence-corrected chi connectivity index (χ2v) is 6.74. The Hall–Kier alpha value is -2.28. The van der Waals surface area contributed by atoms with E-state index in [1.54, 1.807) is 37.3 Å². The highest BCUT2D eigenvalue weighted by molar-refractivity contribution is 5.89. The van der Waals surface area contributed by atoms with Crippen LogP contribution in [0.25, 0.3) is 0 Å². The van der Waals surface area contributed by atoms with Crippen LogP contribution < -0.4 is 4.74 Å². The number of likely N-dealkylation sites (N-methyl/N-ethyl adjacent to an activating group) is 1. The van der Waals surface area contributed by atoms with Crippen molar-refractivity contribution < 1.29 is 23.8 Å². The lowest BCUT2D eigenvalue weighted by atomic mass is 9.92. The lowest BCUT2D eigenvalue weighted by Crippen LogP contribution is -2.50. The maximum Gasteiger partial charge on any atom is 0.410 e. The van der Waals surface area contributed by atoms with Crippen LogP contribution >= 0.6 is 0 Å².